The molecule has 0 aromatic carbocycles. The van der Waals surface area contributed by atoms with Crippen LogP contribution >= 0.6 is 0 Å². The van der Waals surface area contributed by atoms with Gasteiger partial charge in [0.15, 0.2) is 0 Å². The average molecular weight is 166 g/mol. The highest BCUT2D eigenvalue weighted by atomic mass is 32.2. The highest BCUT2D eigenvalue weighted by molar-refractivity contribution is 7.89. The fourth-order valence-electron chi connectivity index (χ4n) is 0.562. The summed E-state index contributed by atoms with van der Waals surface area (Å²) in [5.74, 6) is -0.0451. The van der Waals surface area contributed by atoms with Gasteiger partial charge in [-0.05, 0) is 20.9 Å². The molecule has 62 valence electrons. The van der Waals surface area contributed by atoms with E-state index in [1.54, 1.807) is 13.8 Å². The van der Waals surface area contributed by atoms with Gasteiger partial charge in [0, 0.05) is 5.54 Å². The van der Waals surface area contributed by atoms with E-state index >= 15 is 0 Å². The van der Waals surface area contributed by atoms with Gasteiger partial charge in [-0.3, -0.25) is 0 Å². The topological polar surface area (TPSA) is 72.2 Å². The molecule has 0 aliphatic rings. The van der Waals surface area contributed by atoms with E-state index in [-0.39, 0.29) is 5.75 Å². The summed E-state index contributed by atoms with van der Waals surface area (Å²) in [4.78, 5) is 0. The summed E-state index contributed by atoms with van der Waals surface area (Å²) in [7, 11) is -1.78. The van der Waals surface area contributed by atoms with Gasteiger partial charge in [-0.1, -0.05) is 0 Å². The molecule has 0 aliphatic heterocycles. The molecular weight excluding hydrogens is 152 g/mol. The Morgan fingerprint density at radius 3 is 2.00 bits per heavy atom. The molecule has 0 rings (SSSR count). The number of rotatable bonds is 3. The first kappa shape index (κ1) is 9.87. The largest absolute Gasteiger partial charge is 0.325 e. The zero-order valence-electron chi connectivity index (χ0n) is 6.51. The SMILES string of the molecule is CNS(=O)(=O)CC(C)(C)N. The van der Waals surface area contributed by atoms with Gasteiger partial charge < -0.3 is 5.73 Å². The Morgan fingerprint density at radius 1 is 1.50 bits per heavy atom. The Kier molecular flexibility index (Phi) is 2.82. The summed E-state index contributed by atoms with van der Waals surface area (Å²) >= 11 is 0. The van der Waals surface area contributed by atoms with Crippen LogP contribution in [-0.4, -0.2) is 26.8 Å². The molecule has 0 atom stereocenters. The quantitative estimate of drug-likeness (QED) is 0.581. The van der Waals surface area contributed by atoms with Crippen molar-refractivity contribution in [1.82, 2.24) is 4.72 Å². The third-order valence-corrected chi connectivity index (χ3v) is 2.62. The Balaban J connectivity index is 4.18. The molecule has 0 radical (unpaired) electrons. The minimum Gasteiger partial charge on any atom is -0.325 e. The first-order valence-corrected chi connectivity index (χ1v) is 4.62. The maximum absolute atomic E-state index is 10.8. The molecule has 0 saturated heterocycles. The molecule has 0 bridgehead atoms. The smallest absolute Gasteiger partial charge is 0.213 e. The van der Waals surface area contributed by atoms with Gasteiger partial charge in [-0.2, -0.15) is 0 Å². The lowest BCUT2D eigenvalue weighted by Crippen LogP contribution is -2.43. The molecule has 0 aliphatic carbocycles. The Bertz CT molecular complexity index is 190. The van der Waals surface area contributed by atoms with Crippen molar-refractivity contribution in [3.05, 3.63) is 0 Å². The normalized spacial score (nSPS) is 13.6. The van der Waals surface area contributed by atoms with Gasteiger partial charge in [0.1, 0.15) is 0 Å². The molecule has 0 aromatic rings. The number of sulfonamides is 1. The lowest BCUT2D eigenvalue weighted by Gasteiger charge is -2.17. The molecule has 0 amide bonds. The van der Waals surface area contributed by atoms with Crippen LogP contribution in [-0.2, 0) is 10.0 Å². The van der Waals surface area contributed by atoms with Crippen LogP contribution < -0.4 is 10.5 Å². The minimum absolute atomic E-state index is 0.0451. The van der Waals surface area contributed by atoms with Crippen molar-refractivity contribution < 1.29 is 8.42 Å². The predicted octanol–water partition coefficient (Wildman–Crippen LogP) is -0.727. The van der Waals surface area contributed by atoms with Crippen LogP contribution in [0.25, 0.3) is 0 Å². The predicted molar refractivity (Wildman–Crippen MR) is 41.1 cm³/mol. The molecule has 0 spiro atoms. The van der Waals surface area contributed by atoms with Crippen molar-refractivity contribution in [3.63, 3.8) is 0 Å². The molecular formula is C5H14N2O2S. The van der Waals surface area contributed by atoms with Crippen LogP contribution in [0.4, 0.5) is 0 Å². The zero-order valence-corrected chi connectivity index (χ0v) is 7.33. The number of nitrogens with two attached hydrogens (primary N) is 1. The monoisotopic (exact) mass is 166 g/mol. The van der Waals surface area contributed by atoms with Gasteiger partial charge in [0.25, 0.3) is 0 Å². The van der Waals surface area contributed by atoms with E-state index < -0.39 is 15.6 Å². The van der Waals surface area contributed by atoms with E-state index in [1.165, 1.54) is 7.05 Å². The van der Waals surface area contributed by atoms with Crippen molar-refractivity contribution in [2.24, 2.45) is 5.73 Å². The van der Waals surface area contributed by atoms with E-state index in [0.717, 1.165) is 0 Å². The molecule has 4 nitrogen and oxygen atoms in total. The van der Waals surface area contributed by atoms with Gasteiger partial charge in [-0.15, -0.1) is 0 Å². The Labute approximate surface area is 61.8 Å². The second kappa shape index (κ2) is 2.86. The van der Waals surface area contributed by atoms with Crippen LogP contribution in [0.3, 0.4) is 0 Å². The summed E-state index contributed by atoms with van der Waals surface area (Å²) < 4.78 is 23.8. The maximum atomic E-state index is 10.8. The van der Waals surface area contributed by atoms with Crippen LogP contribution in [0.1, 0.15) is 13.8 Å². The second-order valence-corrected chi connectivity index (χ2v) is 4.88. The lowest BCUT2D eigenvalue weighted by atomic mass is 10.1. The standard InChI is InChI=1S/C5H14N2O2S/c1-5(2,6)4-10(8,9)7-3/h7H,4,6H2,1-3H3. The fraction of sp³-hybridized carbons (Fsp3) is 1.00. The van der Waals surface area contributed by atoms with Crippen molar-refractivity contribution in [1.29, 1.82) is 0 Å². The molecule has 0 fully saturated rings. The summed E-state index contributed by atoms with van der Waals surface area (Å²) in [5, 5.41) is 0. The molecule has 0 heterocycles. The second-order valence-electron chi connectivity index (χ2n) is 2.95. The van der Waals surface area contributed by atoms with E-state index in [9.17, 15) is 8.42 Å². The lowest BCUT2D eigenvalue weighted by molar-refractivity contribution is 0.539. The van der Waals surface area contributed by atoms with Gasteiger partial charge in [0.05, 0.1) is 5.75 Å². The van der Waals surface area contributed by atoms with Crippen LogP contribution in [0.15, 0.2) is 0 Å². The van der Waals surface area contributed by atoms with Crippen LogP contribution in [0, 0.1) is 0 Å². The number of hydrogen-bond acceptors (Lipinski definition) is 3. The van der Waals surface area contributed by atoms with E-state index in [2.05, 4.69) is 4.72 Å². The van der Waals surface area contributed by atoms with Crippen molar-refractivity contribution in [3.8, 4) is 0 Å². The van der Waals surface area contributed by atoms with Crippen molar-refractivity contribution in [2.75, 3.05) is 12.8 Å². The van der Waals surface area contributed by atoms with Crippen molar-refractivity contribution in [2.45, 2.75) is 19.4 Å². The number of hydrogen-bond donors (Lipinski definition) is 2. The summed E-state index contributed by atoms with van der Waals surface area (Å²) in [5.41, 5.74) is 4.81. The third-order valence-electron chi connectivity index (χ3n) is 0.873. The van der Waals surface area contributed by atoms with Gasteiger partial charge in [-0.25, -0.2) is 13.1 Å². The molecule has 5 heteroatoms. The Hall–Kier alpha value is -0.130. The molecule has 0 saturated carbocycles. The molecule has 3 N–H and O–H groups in total. The first-order valence-electron chi connectivity index (χ1n) is 2.97. The molecule has 10 heavy (non-hydrogen) atoms. The van der Waals surface area contributed by atoms with Crippen LogP contribution in [0.2, 0.25) is 0 Å². The summed E-state index contributed by atoms with van der Waals surface area (Å²) in [6.07, 6.45) is 0. The average Bonchev–Trinajstić information content (AvgIpc) is 1.60. The zero-order chi connectivity index (χ0) is 8.41. The summed E-state index contributed by atoms with van der Waals surface area (Å²) in [6.45, 7) is 3.34. The fourth-order valence-corrected chi connectivity index (χ4v) is 1.69. The minimum atomic E-state index is -3.15. The van der Waals surface area contributed by atoms with Crippen LogP contribution in [0.5, 0.6) is 0 Å². The Morgan fingerprint density at radius 2 is 1.90 bits per heavy atom. The highest BCUT2D eigenvalue weighted by Gasteiger charge is 2.19. The van der Waals surface area contributed by atoms with E-state index in [4.69, 9.17) is 5.73 Å². The summed E-state index contributed by atoms with van der Waals surface area (Å²) in [6, 6.07) is 0. The van der Waals surface area contributed by atoms with E-state index in [1.807, 2.05) is 0 Å². The van der Waals surface area contributed by atoms with Gasteiger partial charge >= 0.3 is 0 Å². The van der Waals surface area contributed by atoms with Crippen molar-refractivity contribution >= 4 is 10.0 Å². The van der Waals surface area contributed by atoms with E-state index in [0.29, 0.717) is 0 Å². The molecule has 0 unspecified atom stereocenters. The highest BCUT2D eigenvalue weighted by Crippen LogP contribution is 1.99. The number of nitrogens with one attached hydrogen (secondary N) is 1. The maximum Gasteiger partial charge on any atom is 0.213 e. The first-order chi connectivity index (χ1) is 4.27. The van der Waals surface area contributed by atoms with Gasteiger partial charge in [0.2, 0.25) is 10.0 Å². The third kappa shape index (κ3) is 4.72. The molecule has 0 aromatic heterocycles.